The van der Waals surface area contributed by atoms with Gasteiger partial charge in [-0.25, -0.2) is 14.8 Å². The first-order chi connectivity index (χ1) is 16.0. The summed E-state index contributed by atoms with van der Waals surface area (Å²) in [6.07, 6.45) is 6.05. The lowest BCUT2D eigenvalue weighted by atomic mass is 9.96. The van der Waals surface area contributed by atoms with Gasteiger partial charge in [-0.2, -0.15) is 0 Å². The Hall–Kier alpha value is -2.42. The Balaban J connectivity index is 1.41. The minimum atomic E-state index is -0.343. The van der Waals surface area contributed by atoms with Crippen molar-refractivity contribution < 1.29 is 14.3 Å². The van der Waals surface area contributed by atoms with E-state index < -0.39 is 0 Å². The third-order valence-electron chi connectivity index (χ3n) is 6.32. The van der Waals surface area contributed by atoms with Gasteiger partial charge in [0.15, 0.2) is 0 Å². The molecule has 4 rings (SSSR count). The zero-order valence-corrected chi connectivity index (χ0v) is 20.0. The highest BCUT2D eigenvalue weighted by molar-refractivity contribution is 6.30. The number of halogens is 1. The Bertz CT molecular complexity index is 891. The minimum absolute atomic E-state index is 0.133. The van der Waals surface area contributed by atoms with E-state index in [1.807, 2.05) is 18.2 Å². The van der Waals surface area contributed by atoms with Gasteiger partial charge < -0.3 is 19.3 Å². The summed E-state index contributed by atoms with van der Waals surface area (Å²) in [5, 5.41) is 0.744. The van der Waals surface area contributed by atoms with Gasteiger partial charge in [0.1, 0.15) is 12.7 Å². The predicted octanol–water partition coefficient (Wildman–Crippen LogP) is 3.11. The summed E-state index contributed by atoms with van der Waals surface area (Å²) in [7, 11) is 3.37. The molecule has 0 N–H and O–H groups in total. The van der Waals surface area contributed by atoms with Crippen LogP contribution in [-0.2, 0) is 15.9 Å². The molecule has 0 unspecified atom stereocenters. The van der Waals surface area contributed by atoms with Gasteiger partial charge in [0.2, 0.25) is 5.95 Å². The predicted molar refractivity (Wildman–Crippen MR) is 128 cm³/mol. The van der Waals surface area contributed by atoms with Crippen molar-refractivity contribution in [2.75, 3.05) is 51.8 Å². The average Bonchev–Trinajstić information content (AvgIpc) is 2.85. The highest BCUT2D eigenvalue weighted by Gasteiger charge is 2.36. The summed E-state index contributed by atoms with van der Waals surface area (Å²) >= 11 is 6.08. The van der Waals surface area contributed by atoms with E-state index >= 15 is 0 Å². The Morgan fingerprint density at radius 1 is 1.18 bits per heavy atom. The minimum Gasteiger partial charge on any atom is -0.447 e. The molecule has 1 aromatic heterocycles. The summed E-state index contributed by atoms with van der Waals surface area (Å²) in [5.74, 6) is 0.795. The average molecular weight is 474 g/mol. The van der Waals surface area contributed by atoms with E-state index in [9.17, 15) is 4.79 Å². The van der Waals surface area contributed by atoms with E-state index in [1.54, 1.807) is 26.5 Å². The van der Waals surface area contributed by atoms with Crippen molar-refractivity contribution in [1.82, 2.24) is 19.8 Å². The maximum absolute atomic E-state index is 11.9. The number of benzene rings is 1. The molecular weight excluding hydrogens is 442 g/mol. The summed E-state index contributed by atoms with van der Waals surface area (Å²) in [5.41, 5.74) is 1.24. The van der Waals surface area contributed by atoms with Gasteiger partial charge in [-0.05, 0) is 43.0 Å². The summed E-state index contributed by atoms with van der Waals surface area (Å²) in [6.45, 7) is 3.44. The molecule has 9 heteroatoms. The molecule has 3 heterocycles. The Labute approximate surface area is 200 Å². The van der Waals surface area contributed by atoms with Crippen molar-refractivity contribution in [3.63, 3.8) is 0 Å². The molecular formula is C24H32ClN5O3. The fourth-order valence-corrected chi connectivity index (χ4v) is 4.67. The van der Waals surface area contributed by atoms with Gasteiger partial charge in [0.25, 0.3) is 0 Å². The third kappa shape index (κ3) is 6.34. The Morgan fingerprint density at radius 3 is 2.55 bits per heavy atom. The zero-order chi connectivity index (χ0) is 23.2. The van der Waals surface area contributed by atoms with Crippen LogP contribution in [-0.4, -0.2) is 91.0 Å². The number of piperidine rings is 1. The quantitative estimate of drug-likeness (QED) is 0.638. The molecule has 0 bridgehead atoms. The summed E-state index contributed by atoms with van der Waals surface area (Å²) in [4.78, 5) is 26.9. The van der Waals surface area contributed by atoms with Gasteiger partial charge >= 0.3 is 6.09 Å². The van der Waals surface area contributed by atoms with Crippen molar-refractivity contribution in [1.29, 1.82) is 0 Å². The van der Waals surface area contributed by atoms with Crippen LogP contribution in [0.4, 0.5) is 10.7 Å². The van der Waals surface area contributed by atoms with E-state index in [0.29, 0.717) is 12.6 Å². The number of hydrogen-bond donors (Lipinski definition) is 0. The molecule has 0 spiro atoms. The number of ether oxygens (including phenoxy) is 2. The highest BCUT2D eigenvalue weighted by Crippen LogP contribution is 2.26. The van der Waals surface area contributed by atoms with Crippen LogP contribution in [0.3, 0.4) is 0 Å². The van der Waals surface area contributed by atoms with Crippen molar-refractivity contribution in [2.45, 2.75) is 37.5 Å². The third-order valence-corrected chi connectivity index (χ3v) is 6.57. The Kier molecular flexibility index (Phi) is 8.01. The molecule has 2 fully saturated rings. The molecule has 0 aliphatic carbocycles. The van der Waals surface area contributed by atoms with E-state index in [4.69, 9.17) is 21.1 Å². The molecule has 1 amide bonds. The molecule has 2 aromatic rings. The lowest BCUT2D eigenvalue weighted by Gasteiger charge is -2.46. The van der Waals surface area contributed by atoms with Gasteiger partial charge in [0, 0.05) is 63.2 Å². The number of carbonyl (C=O) groups excluding carboxylic acids is 1. The number of rotatable bonds is 6. The maximum Gasteiger partial charge on any atom is 0.409 e. The number of nitrogens with zero attached hydrogens (tertiary/aromatic N) is 5. The molecule has 0 saturated carbocycles. The fraction of sp³-hybridized carbons (Fsp3) is 0.542. The van der Waals surface area contributed by atoms with Gasteiger partial charge in [-0.1, -0.05) is 23.7 Å². The second kappa shape index (κ2) is 11.1. The number of aromatic nitrogens is 2. The normalized spacial score (nSPS) is 22.2. The van der Waals surface area contributed by atoms with Gasteiger partial charge in [0.05, 0.1) is 6.61 Å². The van der Waals surface area contributed by atoms with Crippen molar-refractivity contribution in [2.24, 2.45) is 0 Å². The van der Waals surface area contributed by atoms with Crippen molar-refractivity contribution in [3.05, 3.63) is 53.3 Å². The molecule has 2 saturated heterocycles. The number of carbonyl (C=O) groups is 1. The summed E-state index contributed by atoms with van der Waals surface area (Å²) < 4.78 is 11.6. The lowest BCUT2D eigenvalue weighted by molar-refractivity contribution is -0.100. The van der Waals surface area contributed by atoms with E-state index in [1.165, 1.54) is 10.5 Å². The first kappa shape index (κ1) is 23.7. The number of anilines is 1. The van der Waals surface area contributed by atoms with Gasteiger partial charge in [-0.3, -0.25) is 4.90 Å². The largest absolute Gasteiger partial charge is 0.447 e. The number of morpholine rings is 1. The lowest BCUT2D eigenvalue weighted by Crippen LogP contribution is -2.58. The second-order valence-electron chi connectivity index (χ2n) is 8.87. The van der Waals surface area contributed by atoms with Crippen LogP contribution in [0.15, 0.2) is 42.7 Å². The van der Waals surface area contributed by atoms with Crippen LogP contribution in [0.5, 0.6) is 0 Å². The van der Waals surface area contributed by atoms with Gasteiger partial charge in [-0.15, -0.1) is 0 Å². The molecule has 33 heavy (non-hydrogen) atoms. The molecule has 0 radical (unpaired) electrons. The standard InChI is InChI=1S/C24H32ClN5O3/c1-28(2)24(31)33-17-22-15-30(21(16-32-22)14-18-4-6-19(25)7-5-18)20-8-12-29(13-9-20)23-26-10-3-11-27-23/h3-7,10-11,20-22H,8-9,12-17H2,1-2H3/t21-,22+/m0/s1. The first-order valence-electron chi connectivity index (χ1n) is 11.5. The summed E-state index contributed by atoms with van der Waals surface area (Å²) in [6, 6.07) is 10.6. The highest BCUT2D eigenvalue weighted by atomic mass is 35.5. The molecule has 178 valence electrons. The van der Waals surface area contributed by atoms with Crippen LogP contribution in [0.2, 0.25) is 5.02 Å². The molecule has 1 aromatic carbocycles. The molecule has 2 aliphatic rings. The number of amides is 1. The van der Waals surface area contributed by atoms with E-state index in [-0.39, 0.29) is 24.8 Å². The molecule has 8 nitrogen and oxygen atoms in total. The zero-order valence-electron chi connectivity index (χ0n) is 19.3. The molecule has 2 atom stereocenters. The monoisotopic (exact) mass is 473 g/mol. The SMILES string of the molecule is CN(C)C(=O)OC[C@H]1CN(C2CCN(c3ncccn3)CC2)[C@@H](Cc2ccc(Cl)cc2)CO1. The van der Waals surface area contributed by atoms with Crippen LogP contribution in [0, 0.1) is 0 Å². The fourth-order valence-electron chi connectivity index (χ4n) is 4.54. The molecule has 2 aliphatic heterocycles. The van der Waals surface area contributed by atoms with E-state index in [0.717, 1.165) is 49.9 Å². The smallest absolute Gasteiger partial charge is 0.409 e. The van der Waals surface area contributed by atoms with Crippen LogP contribution < -0.4 is 4.90 Å². The Morgan fingerprint density at radius 2 is 1.88 bits per heavy atom. The first-order valence-corrected chi connectivity index (χ1v) is 11.8. The van der Waals surface area contributed by atoms with E-state index in [2.05, 4.69) is 31.9 Å². The van der Waals surface area contributed by atoms with Crippen LogP contribution in [0.1, 0.15) is 18.4 Å². The van der Waals surface area contributed by atoms with Crippen LogP contribution in [0.25, 0.3) is 0 Å². The second-order valence-corrected chi connectivity index (χ2v) is 9.31. The van der Waals surface area contributed by atoms with Crippen molar-refractivity contribution >= 4 is 23.6 Å². The topological polar surface area (TPSA) is 71.0 Å². The number of hydrogen-bond acceptors (Lipinski definition) is 7. The van der Waals surface area contributed by atoms with Crippen LogP contribution >= 0.6 is 11.6 Å². The maximum atomic E-state index is 11.9. The van der Waals surface area contributed by atoms with Crippen molar-refractivity contribution in [3.8, 4) is 0 Å².